The zero-order chi connectivity index (χ0) is 13.2. The molecule has 2 unspecified atom stereocenters. The predicted octanol–water partition coefficient (Wildman–Crippen LogP) is 3.53. The fourth-order valence-corrected chi connectivity index (χ4v) is 2.99. The first kappa shape index (κ1) is 12.3. The molecule has 1 aliphatic rings. The lowest BCUT2D eigenvalue weighted by molar-refractivity contribution is 0.502. The third-order valence-electron chi connectivity index (χ3n) is 4.23. The molecule has 4 nitrogen and oxygen atoms in total. The molecule has 4 heteroatoms. The third-order valence-corrected chi connectivity index (χ3v) is 4.23. The summed E-state index contributed by atoms with van der Waals surface area (Å²) in [6, 6.07) is 4.61. The van der Waals surface area contributed by atoms with Crippen LogP contribution in [0.3, 0.4) is 0 Å². The summed E-state index contributed by atoms with van der Waals surface area (Å²) in [6.45, 7) is 2.35. The summed E-state index contributed by atoms with van der Waals surface area (Å²) in [5, 5.41) is 11.7. The van der Waals surface area contributed by atoms with E-state index in [1.807, 2.05) is 12.3 Å². The quantitative estimate of drug-likeness (QED) is 0.570. The van der Waals surface area contributed by atoms with Crippen LogP contribution in [0.4, 0.5) is 11.4 Å². The van der Waals surface area contributed by atoms with Crippen LogP contribution in [0.2, 0.25) is 0 Å². The van der Waals surface area contributed by atoms with Gasteiger partial charge in [0.15, 0.2) is 0 Å². The molecule has 1 heterocycles. The number of hydrogen-bond acceptors (Lipinski definition) is 3. The van der Waals surface area contributed by atoms with Crippen LogP contribution in [0.1, 0.15) is 39.0 Å². The molecule has 0 spiro atoms. The van der Waals surface area contributed by atoms with E-state index < -0.39 is 0 Å². The minimum absolute atomic E-state index is 0.549. The summed E-state index contributed by atoms with van der Waals surface area (Å²) >= 11 is 0. The number of aromatic nitrogens is 2. The second kappa shape index (κ2) is 5.11. The van der Waals surface area contributed by atoms with E-state index in [2.05, 4.69) is 28.5 Å². The Balaban J connectivity index is 1.78. The highest BCUT2D eigenvalue weighted by molar-refractivity contribution is 5.88. The van der Waals surface area contributed by atoms with Crippen LogP contribution in [0.25, 0.3) is 10.9 Å². The molecule has 2 atom stereocenters. The maximum Gasteiger partial charge on any atom is 0.0672 e. The average molecular weight is 258 g/mol. The first-order valence-corrected chi connectivity index (χ1v) is 7.21. The predicted molar refractivity (Wildman–Crippen MR) is 80.2 cm³/mol. The van der Waals surface area contributed by atoms with Crippen molar-refractivity contribution in [2.24, 2.45) is 5.92 Å². The summed E-state index contributed by atoms with van der Waals surface area (Å²) in [5.74, 6) is 0.860. The van der Waals surface area contributed by atoms with E-state index >= 15 is 0 Å². The van der Waals surface area contributed by atoms with E-state index in [-0.39, 0.29) is 0 Å². The average Bonchev–Trinajstić information content (AvgIpc) is 2.73. The highest BCUT2D eigenvalue weighted by Crippen LogP contribution is 2.29. The van der Waals surface area contributed by atoms with Crippen molar-refractivity contribution in [3.05, 3.63) is 18.3 Å². The number of fused-ring (bicyclic) bond motifs is 1. The van der Waals surface area contributed by atoms with E-state index in [4.69, 9.17) is 5.73 Å². The van der Waals surface area contributed by atoms with Gasteiger partial charge >= 0.3 is 0 Å². The molecule has 0 radical (unpaired) electrons. The molecule has 0 bridgehead atoms. The number of nitrogens with zero attached hydrogens (tertiary/aromatic N) is 1. The molecule has 1 saturated carbocycles. The summed E-state index contributed by atoms with van der Waals surface area (Å²) in [4.78, 5) is 0. The number of benzene rings is 1. The van der Waals surface area contributed by atoms with Gasteiger partial charge in [0.2, 0.25) is 0 Å². The Hall–Kier alpha value is -1.71. The molecule has 0 saturated heterocycles. The second-order valence-electron chi connectivity index (χ2n) is 5.85. The third kappa shape index (κ3) is 2.67. The van der Waals surface area contributed by atoms with Crippen molar-refractivity contribution >= 4 is 22.3 Å². The number of anilines is 2. The van der Waals surface area contributed by atoms with Gasteiger partial charge < -0.3 is 11.1 Å². The van der Waals surface area contributed by atoms with Crippen LogP contribution in [0.5, 0.6) is 0 Å². The molecule has 0 aliphatic heterocycles. The summed E-state index contributed by atoms with van der Waals surface area (Å²) in [7, 11) is 0. The van der Waals surface area contributed by atoms with E-state index in [1.54, 1.807) is 0 Å². The molecule has 19 heavy (non-hydrogen) atoms. The number of nitrogens with two attached hydrogens (primary N) is 1. The number of rotatable bonds is 2. The fourth-order valence-electron chi connectivity index (χ4n) is 2.99. The molecule has 1 fully saturated rings. The molecular weight excluding hydrogens is 236 g/mol. The van der Waals surface area contributed by atoms with E-state index in [1.165, 1.54) is 32.1 Å². The highest BCUT2D eigenvalue weighted by Gasteiger charge is 2.17. The molecular formula is C15H22N4. The first-order chi connectivity index (χ1) is 9.22. The molecule has 4 N–H and O–H groups in total. The SMILES string of the molecule is CC1CCCC(Nc2cc3[nH]ncc3cc2N)CC1. The monoisotopic (exact) mass is 258 g/mol. The summed E-state index contributed by atoms with van der Waals surface area (Å²) < 4.78 is 0. The Kier molecular flexibility index (Phi) is 3.32. The second-order valence-corrected chi connectivity index (χ2v) is 5.85. The van der Waals surface area contributed by atoms with E-state index in [9.17, 15) is 0 Å². The first-order valence-electron chi connectivity index (χ1n) is 7.21. The van der Waals surface area contributed by atoms with Gasteiger partial charge in [-0.15, -0.1) is 0 Å². The Morgan fingerprint density at radius 1 is 1.26 bits per heavy atom. The van der Waals surface area contributed by atoms with Gasteiger partial charge in [-0.05, 0) is 37.3 Å². The maximum absolute atomic E-state index is 6.13. The molecule has 2 aromatic rings. The van der Waals surface area contributed by atoms with Crippen molar-refractivity contribution in [2.75, 3.05) is 11.1 Å². The molecule has 1 aromatic heterocycles. The van der Waals surface area contributed by atoms with Crippen molar-refractivity contribution in [3.63, 3.8) is 0 Å². The largest absolute Gasteiger partial charge is 0.397 e. The van der Waals surface area contributed by atoms with Gasteiger partial charge in [-0.25, -0.2) is 0 Å². The number of H-pyrrole nitrogens is 1. The number of aromatic amines is 1. The lowest BCUT2D eigenvalue weighted by Gasteiger charge is -2.19. The van der Waals surface area contributed by atoms with Gasteiger partial charge in [-0.1, -0.05) is 19.8 Å². The number of nitrogens with one attached hydrogen (secondary N) is 2. The topological polar surface area (TPSA) is 66.7 Å². The van der Waals surface area contributed by atoms with E-state index in [0.29, 0.717) is 6.04 Å². The Bertz CT molecular complexity index is 560. The van der Waals surface area contributed by atoms with Crippen LogP contribution in [-0.2, 0) is 0 Å². The van der Waals surface area contributed by atoms with Crippen molar-refractivity contribution in [1.29, 1.82) is 0 Å². The van der Waals surface area contributed by atoms with E-state index in [0.717, 1.165) is 28.2 Å². The maximum atomic E-state index is 6.13. The molecule has 1 aliphatic carbocycles. The van der Waals surface area contributed by atoms with Crippen molar-refractivity contribution in [2.45, 2.75) is 45.1 Å². The Morgan fingerprint density at radius 3 is 3.05 bits per heavy atom. The van der Waals surface area contributed by atoms with Crippen LogP contribution in [0, 0.1) is 5.92 Å². The zero-order valence-corrected chi connectivity index (χ0v) is 11.4. The lowest BCUT2D eigenvalue weighted by Crippen LogP contribution is -2.19. The van der Waals surface area contributed by atoms with Crippen molar-refractivity contribution in [1.82, 2.24) is 10.2 Å². The zero-order valence-electron chi connectivity index (χ0n) is 11.4. The number of nitrogen functional groups attached to an aromatic ring is 1. The molecule has 1 aromatic carbocycles. The summed E-state index contributed by atoms with van der Waals surface area (Å²) in [5.41, 5.74) is 9.02. The van der Waals surface area contributed by atoms with Gasteiger partial charge in [-0.2, -0.15) is 5.10 Å². The molecule has 102 valence electrons. The Morgan fingerprint density at radius 2 is 2.16 bits per heavy atom. The highest BCUT2D eigenvalue weighted by atomic mass is 15.1. The van der Waals surface area contributed by atoms with Gasteiger partial charge in [0.05, 0.1) is 23.1 Å². The van der Waals surface area contributed by atoms with Crippen LogP contribution < -0.4 is 11.1 Å². The Labute approximate surface area is 113 Å². The van der Waals surface area contributed by atoms with Gasteiger partial charge in [0.25, 0.3) is 0 Å². The van der Waals surface area contributed by atoms with Crippen LogP contribution in [-0.4, -0.2) is 16.2 Å². The van der Waals surface area contributed by atoms with Gasteiger partial charge in [-0.3, -0.25) is 5.10 Å². The fraction of sp³-hybridized carbons (Fsp3) is 0.533. The van der Waals surface area contributed by atoms with Gasteiger partial charge in [0, 0.05) is 11.4 Å². The number of hydrogen-bond donors (Lipinski definition) is 3. The van der Waals surface area contributed by atoms with Crippen molar-refractivity contribution in [3.8, 4) is 0 Å². The molecule has 0 amide bonds. The minimum atomic E-state index is 0.549. The summed E-state index contributed by atoms with van der Waals surface area (Å²) in [6.07, 6.45) is 8.26. The van der Waals surface area contributed by atoms with Gasteiger partial charge in [0.1, 0.15) is 0 Å². The smallest absolute Gasteiger partial charge is 0.0672 e. The van der Waals surface area contributed by atoms with Crippen LogP contribution in [0.15, 0.2) is 18.3 Å². The molecule has 3 rings (SSSR count). The standard InChI is InChI=1S/C15H22N4/c1-10-3-2-4-12(6-5-10)18-15-8-14-11(7-13(15)16)9-17-19-14/h7-10,12,18H,2-6,16H2,1H3,(H,17,19). The minimum Gasteiger partial charge on any atom is -0.397 e. The normalized spacial score (nSPS) is 24.3. The van der Waals surface area contributed by atoms with Crippen molar-refractivity contribution < 1.29 is 0 Å². The van der Waals surface area contributed by atoms with Crippen LogP contribution >= 0.6 is 0 Å². The lowest BCUT2D eigenvalue weighted by atomic mass is 10.0.